The van der Waals surface area contributed by atoms with Crippen LogP contribution in [0, 0.1) is 6.61 Å². The van der Waals surface area contributed by atoms with Crippen LogP contribution in [0.15, 0.2) is 58.6 Å². The van der Waals surface area contributed by atoms with E-state index in [9.17, 15) is 0 Å². The maximum absolute atomic E-state index is 5.08. The van der Waals surface area contributed by atoms with Crippen LogP contribution in [0.2, 0.25) is 0 Å². The van der Waals surface area contributed by atoms with Crippen LogP contribution in [0.4, 0.5) is 5.69 Å². The van der Waals surface area contributed by atoms with Crippen LogP contribution in [-0.4, -0.2) is 17.1 Å². The second-order valence-corrected chi connectivity index (χ2v) is 5.44. The second kappa shape index (κ2) is 4.79. The lowest BCUT2D eigenvalue weighted by Gasteiger charge is -2.26. The highest BCUT2D eigenvalue weighted by Gasteiger charge is 2.22. The minimum atomic E-state index is 0.686. The minimum Gasteiger partial charge on any atom is -0.336 e. The molecule has 0 spiro atoms. The highest BCUT2D eigenvalue weighted by atomic mass is 17.2. The van der Waals surface area contributed by atoms with Gasteiger partial charge in [0.1, 0.15) is 5.84 Å². The van der Waals surface area contributed by atoms with E-state index >= 15 is 0 Å². The van der Waals surface area contributed by atoms with Crippen LogP contribution in [-0.2, 0) is 11.4 Å². The van der Waals surface area contributed by atoms with E-state index in [1.54, 1.807) is 6.21 Å². The average Bonchev–Trinajstić information content (AvgIpc) is 3.08. The molecule has 0 aliphatic carbocycles. The number of rotatable bonds is 1. The van der Waals surface area contributed by atoms with E-state index in [1.165, 1.54) is 0 Å². The molecule has 0 unspecified atom stereocenters. The summed E-state index contributed by atoms with van der Waals surface area (Å²) >= 11 is 0. The van der Waals surface area contributed by atoms with Gasteiger partial charge in [0.15, 0.2) is 5.75 Å². The van der Waals surface area contributed by atoms with Crippen molar-refractivity contribution < 1.29 is 9.78 Å². The summed E-state index contributed by atoms with van der Waals surface area (Å²) < 4.78 is 0. The van der Waals surface area contributed by atoms with Gasteiger partial charge in [-0.05, 0) is 41.5 Å². The molecule has 0 saturated heterocycles. The van der Waals surface area contributed by atoms with Crippen molar-refractivity contribution in [3.05, 3.63) is 66.3 Å². The molecule has 0 atom stereocenters. The lowest BCUT2D eigenvalue weighted by atomic mass is 9.96. The molecular formula is C18H11N3O2. The molecule has 5 nitrogen and oxygen atoms in total. The van der Waals surface area contributed by atoms with Crippen molar-refractivity contribution in [2.24, 2.45) is 10.1 Å². The Morgan fingerprint density at radius 2 is 2.17 bits per heavy atom. The molecule has 0 bridgehead atoms. The van der Waals surface area contributed by atoms with E-state index < -0.39 is 0 Å². The van der Waals surface area contributed by atoms with Crippen molar-refractivity contribution in [1.82, 2.24) is 5.01 Å². The number of hydrogen-bond donors (Lipinski definition) is 0. The van der Waals surface area contributed by atoms with E-state index in [0.29, 0.717) is 12.3 Å². The number of hydrogen-bond acceptors (Lipinski definition) is 5. The van der Waals surface area contributed by atoms with E-state index in [1.807, 2.05) is 41.4 Å². The second-order valence-electron chi connectivity index (χ2n) is 5.44. The van der Waals surface area contributed by atoms with Crippen molar-refractivity contribution in [2.45, 2.75) is 6.54 Å². The Hall–Kier alpha value is -2.92. The zero-order valence-corrected chi connectivity index (χ0v) is 12.1. The Bertz CT molecular complexity index is 899. The van der Waals surface area contributed by atoms with Crippen LogP contribution >= 0.6 is 0 Å². The Morgan fingerprint density at radius 1 is 1.17 bits per heavy atom. The standard InChI is InChI=1S/C18H11N3O2/c1-3-14(15-11-22-23-17(15)4-1)12-6-7-16-13(9-12)10-21-18(20-16)5-2-8-19-21/h1-9H,10H2. The lowest BCUT2D eigenvalue weighted by Crippen LogP contribution is -2.28. The number of nitrogens with zero attached hydrogens (tertiary/aromatic N) is 3. The summed E-state index contributed by atoms with van der Waals surface area (Å²) in [5.41, 5.74) is 5.06. The summed E-state index contributed by atoms with van der Waals surface area (Å²) in [4.78, 5) is 14.6. The molecule has 0 aromatic heterocycles. The van der Waals surface area contributed by atoms with Gasteiger partial charge in [0.2, 0.25) is 6.61 Å². The minimum absolute atomic E-state index is 0.686. The van der Waals surface area contributed by atoms with Crippen LogP contribution in [0.5, 0.6) is 5.75 Å². The number of allylic oxidation sites excluding steroid dienone is 1. The summed E-state index contributed by atoms with van der Waals surface area (Å²) in [6.07, 6.45) is 5.64. The maximum atomic E-state index is 5.08. The molecule has 0 amide bonds. The van der Waals surface area contributed by atoms with E-state index in [2.05, 4.69) is 28.8 Å². The third kappa shape index (κ3) is 1.98. The van der Waals surface area contributed by atoms with Gasteiger partial charge in [-0.1, -0.05) is 18.2 Å². The quantitative estimate of drug-likeness (QED) is 0.758. The predicted octanol–water partition coefficient (Wildman–Crippen LogP) is 3.47. The average molecular weight is 301 g/mol. The van der Waals surface area contributed by atoms with Crippen molar-refractivity contribution in [3.8, 4) is 16.9 Å². The molecule has 5 rings (SSSR count). The largest absolute Gasteiger partial charge is 0.336 e. The monoisotopic (exact) mass is 301 g/mol. The molecule has 0 saturated carbocycles. The number of fused-ring (bicyclic) bond motifs is 3. The number of aliphatic imine (C=N–C) groups is 1. The van der Waals surface area contributed by atoms with Crippen LogP contribution in [0.1, 0.15) is 11.1 Å². The Labute approximate surface area is 133 Å². The van der Waals surface area contributed by atoms with Gasteiger partial charge in [-0.2, -0.15) is 9.99 Å². The third-order valence-electron chi connectivity index (χ3n) is 4.05. The molecule has 0 fully saturated rings. The summed E-state index contributed by atoms with van der Waals surface area (Å²) in [7, 11) is 0. The lowest BCUT2D eigenvalue weighted by molar-refractivity contribution is -0.149. The van der Waals surface area contributed by atoms with E-state index in [0.717, 1.165) is 33.8 Å². The van der Waals surface area contributed by atoms with E-state index in [-0.39, 0.29) is 0 Å². The molecule has 2 aromatic carbocycles. The smallest absolute Gasteiger partial charge is 0.226 e. The SMILES string of the molecule is [C]1OOc2cccc(-c3ccc4c(c3)CN3N=CC=CC3=N4)c21. The molecule has 2 radical (unpaired) electrons. The molecule has 2 aromatic rings. The fourth-order valence-corrected chi connectivity index (χ4v) is 2.94. The highest BCUT2D eigenvalue weighted by Crippen LogP contribution is 2.38. The number of benzene rings is 2. The molecule has 110 valence electrons. The van der Waals surface area contributed by atoms with Gasteiger partial charge in [0.25, 0.3) is 0 Å². The maximum Gasteiger partial charge on any atom is 0.226 e. The van der Waals surface area contributed by atoms with Crippen molar-refractivity contribution in [1.29, 1.82) is 0 Å². The third-order valence-corrected chi connectivity index (χ3v) is 4.05. The fourth-order valence-electron chi connectivity index (χ4n) is 2.94. The first-order valence-corrected chi connectivity index (χ1v) is 7.31. The fraction of sp³-hybridized carbons (Fsp3) is 0.0556. The van der Waals surface area contributed by atoms with Gasteiger partial charge < -0.3 is 4.89 Å². The molecular weight excluding hydrogens is 290 g/mol. The van der Waals surface area contributed by atoms with Gasteiger partial charge >= 0.3 is 0 Å². The van der Waals surface area contributed by atoms with Crippen molar-refractivity contribution in [3.63, 3.8) is 0 Å². The predicted molar refractivity (Wildman–Crippen MR) is 86.2 cm³/mol. The summed E-state index contributed by atoms with van der Waals surface area (Å²) in [6, 6.07) is 12.1. The number of hydrazone groups is 1. The molecule has 0 N–H and O–H groups in total. The zero-order chi connectivity index (χ0) is 15.2. The molecule has 3 aliphatic rings. The normalized spacial score (nSPS) is 17.2. The molecule has 3 heterocycles. The topological polar surface area (TPSA) is 46.4 Å². The Balaban J connectivity index is 1.61. The van der Waals surface area contributed by atoms with Gasteiger partial charge in [-0.15, -0.1) is 0 Å². The van der Waals surface area contributed by atoms with Crippen molar-refractivity contribution >= 4 is 17.7 Å². The van der Waals surface area contributed by atoms with Crippen molar-refractivity contribution in [2.75, 3.05) is 0 Å². The van der Waals surface area contributed by atoms with Crippen LogP contribution in [0.25, 0.3) is 11.1 Å². The highest BCUT2D eigenvalue weighted by molar-refractivity contribution is 6.01. The summed E-state index contributed by atoms with van der Waals surface area (Å²) in [5, 5.41) is 6.24. The van der Waals surface area contributed by atoms with Gasteiger partial charge in [0, 0.05) is 17.3 Å². The van der Waals surface area contributed by atoms with Gasteiger partial charge in [-0.25, -0.2) is 10.0 Å². The number of amidine groups is 1. The first-order valence-electron chi connectivity index (χ1n) is 7.31. The first-order chi connectivity index (χ1) is 11.4. The first kappa shape index (κ1) is 12.6. The summed E-state index contributed by atoms with van der Waals surface area (Å²) in [6.45, 7) is 3.51. The molecule has 5 heteroatoms. The van der Waals surface area contributed by atoms with Gasteiger partial charge in [0.05, 0.1) is 12.2 Å². The Morgan fingerprint density at radius 3 is 3.17 bits per heavy atom. The molecule has 23 heavy (non-hydrogen) atoms. The summed E-state index contributed by atoms with van der Waals surface area (Å²) in [5.74, 6) is 1.56. The van der Waals surface area contributed by atoms with Crippen LogP contribution < -0.4 is 4.89 Å². The zero-order valence-electron chi connectivity index (χ0n) is 12.1. The molecule has 3 aliphatic heterocycles. The van der Waals surface area contributed by atoms with Crippen LogP contribution in [0.3, 0.4) is 0 Å². The van der Waals surface area contributed by atoms with Gasteiger partial charge in [-0.3, -0.25) is 0 Å². The van der Waals surface area contributed by atoms with E-state index in [4.69, 9.17) is 9.78 Å². The Kier molecular flexibility index (Phi) is 2.63.